The Morgan fingerprint density at radius 2 is 1.84 bits per heavy atom. The van der Waals surface area contributed by atoms with Crippen molar-refractivity contribution in [3.05, 3.63) is 62.5 Å². The predicted molar refractivity (Wildman–Crippen MR) is 84.1 cm³/mol. The summed E-state index contributed by atoms with van der Waals surface area (Å²) in [5.74, 6) is 0. The second-order valence-corrected chi connectivity index (χ2v) is 5.70. The van der Waals surface area contributed by atoms with Gasteiger partial charge in [0.25, 0.3) is 0 Å². The molecular formula is C14H12BrCl2NO. The third-order valence-electron chi connectivity index (χ3n) is 2.72. The first-order chi connectivity index (χ1) is 9.11. The lowest BCUT2D eigenvalue weighted by Crippen LogP contribution is -2.15. The number of aliphatic hydroxyl groups excluding tert-OH is 1. The SMILES string of the molecule is OCC(Nc1ccc(Cl)c(Br)c1)c1ccccc1Cl. The Morgan fingerprint density at radius 1 is 1.11 bits per heavy atom. The van der Waals surface area contributed by atoms with Crippen molar-refractivity contribution in [1.82, 2.24) is 0 Å². The molecule has 2 nitrogen and oxygen atoms in total. The van der Waals surface area contributed by atoms with Crippen LogP contribution in [0, 0.1) is 0 Å². The highest BCUT2D eigenvalue weighted by Crippen LogP contribution is 2.29. The number of benzene rings is 2. The Balaban J connectivity index is 2.24. The molecule has 2 N–H and O–H groups in total. The summed E-state index contributed by atoms with van der Waals surface area (Å²) in [6, 6.07) is 12.7. The normalized spacial score (nSPS) is 12.2. The van der Waals surface area contributed by atoms with Gasteiger partial charge in [-0.05, 0) is 45.8 Å². The molecule has 0 radical (unpaired) electrons. The number of hydrogen-bond acceptors (Lipinski definition) is 2. The summed E-state index contributed by atoms with van der Waals surface area (Å²) < 4.78 is 0.801. The molecule has 1 unspecified atom stereocenters. The largest absolute Gasteiger partial charge is 0.394 e. The van der Waals surface area contributed by atoms with E-state index in [1.807, 2.05) is 30.3 Å². The summed E-state index contributed by atoms with van der Waals surface area (Å²) in [5, 5.41) is 14.0. The summed E-state index contributed by atoms with van der Waals surface area (Å²) in [4.78, 5) is 0. The number of aliphatic hydroxyl groups is 1. The van der Waals surface area contributed by atoms with Crippen LogP contribution in [0.4, 0.5) is 5.69 Å². The van der Waals surface area contributed by atoms with Crippen LogP contribution in [0.2, 0.25) is 10.0 Å². The molecule has 19 heavy (non-hydrogen) atoms. The van der Waals surface area contributed by atoms with Crippen molar-refractivity contribution in [2.45, 2.75) is 6.04 Å². The van der Waals surface area contributed by atoms with E-state index < -0.39 is 0 Å². The topological polar surface area (TPSA) is 32.3 Å². The van der Waals surface area contributed by atoms with Crippen molar-refractivity contribution in [2.75, 3.05) is 11.9 Å². The maximum Gasteiger partial charge on any atom is 0.0759 e. The number of rotatable bonds is 4. The summed E-state index contributed by atoms with van der Waals surface area (Å²) >= 11 is 15.5. The second-order valence-electron chi connectivity index (χ2n) is 4.03. The van der Waals surface area contributed by atoms with Crippen molar-refractivity contribution in [2.24, 2.45) is 0 Å². The number of anilines is 1. The molecule has 0 bridgehead atoms. The van der Waals surface area contributed by atoms with Crippen molar-refractivity contribution in [3.8, 4) is 0 Å². The highest BCUT2D eigenvalue weighted by molar-refractivity contribution is 9.10. The van der Waals surface area contributed by atoms with E-state index in [1.165, 1.54) is 0 Å². The van der Waals surface area contributed by atoms with Gasteiger partial charge in [-0.15, -0.1) is 0 Å². The van der Waals surface area contributed by atoms with Crippen LogP contribution in [-0.4, -0.2) is 11.7 Å². The van der Waals surface area contributed by atoms with Gasteiger partial charge in [0.15, 0.2) is 0 Å². The lowest BCUT2D eigenvalue weighted by Gasteiger charge is -2.19. The van der Waals surface area contributed by atoms with Gasteiger partial charge < -0.3 is 10.4 Å². The average molecular weight is 361 g/mol. The first-order valence-corrected chi connectivity index (χ1v) is 7.23. The van der Waals surface area contributed by atoms with Crippen LogP contribution in [0.3, 0.4) is 0 Å². The summed E-state index contributed by atoms with van der Waals surface area (Å²) in [7, 11) is 0. The first-order valence-electron chi connectivity index (χ1n) is 5.68. The third-order valence-corrected chi connectivity index (χ3v) is 4.28. The van der Waals surface area contributed by atoms with Crippen LogP contribution in [-0.2, 0) is 0 Å². The van der Waals surface area contributed by atoms with Crippen molar-refractivity contribution in [3.63, 3.8) is 0 Å². The van der Waals surface area contributed by atoms with Crippen LogP contribution >= 0.6 is 39.1 Å². The molecule has 0 aromatic heterocycles. The van der Waals surface area contributed by atoms with E-state index in [1.54, 1.807) is 12.1 Å². The highest BCUT2D eigenvalue weighted by Gasteiger charge is 2.13. The molecule has 1 atom stereocenters. The van der Waals surface area contributed by atoms with E-state index in [0.717, 1.165) is 15.7 Å². The van der Waals surface area contributed by atoms with Gasteiger partial charge in [0.1, 0.15) is 0 Å². The van der Waals surface area contributed by atoms with E-state index in [-0.39, 0.29) is 12.6 Å². The zero-order chi connectivity index (χ0) is 13.8. The van der Waals surface area contributed by atoms with E-state index in [2.05, 4.69) is 21.2 Å². The van der Waals surface area contributed by atoms with Gasteiger partial charge in [-0.25, -0.2) is 0 Å². The standard InChI is InChI=1S/C14H12BrCl2NO/c15-11-7-9(5-6-13(11)17)18-14(8-19)10-3-1-2-4-12(10)16/h1-7,14,18-19H,8H2. The Morgan fingerprint density at radius 3 is 2.47 bits per heavy atom. The van der Waals surface area contributed by atoms with Gasteiger partial charge in [-0.3, -0.25) is 0 Å². The average Bonchev–Trinajstić information content (AvgIpc) is 2.41. The van der Waals surface area contributed by atoms with Crippen LogP contribution in [0.1, 0.15) is 11.6 Å². The van der Waals surface area contributed by atoms with Gasteiger partial charge in [-0.2, -0.15) is 0 Å². The molecule has 0 aliphatic carbocycles. The van der Waals surface area contributed by atoms with Gasteiger partial charge in [0.2, 0.25) is 0 Å². The van der Waals surface area contributed by atoms with Gasteiger partial charge in [0.05, 0.1) is 17.7 Å². The third kappa shape index (κ3) is 3.63. The van der Waals surface area contributed by atoms with E-state index in [0.29, 0.717) is 10.0 Å². The number of nitrogens with one attached hydrogen (secondary N) is 1. The van der Waals surface area contributed by atoms with E-state index in [4.69, 9.17) is 23.2 Å². The molecular weight excluding hydrogens is 349 g/mol. The first kappa shape index (κ1) is 14.7. The van der Waals surface area contributed by atoms with Gasteiger partial charge in [0, 0.05) is 15.2 Å². The number of hydrogen-bond donors (Lipinski definition) is 2. The lowest BCUT2D eigenvalue weighted by molar-refractivity contribution is 0.276. The smallest absolute Gasteiger partial charge is 0.0759 e. The van der Waals surface area contributed by atoms with Gasteiger partial charge in [-0.1, -0.05) is 41.4 Å². The van der Waals surface area contributed by atoms with Crippen LogP contribution in [0.25, 0.3) is 0 Å². The minimum absolute atomic E-state index is 0.0516. The zero-order valence-electron chi connectivity index (χ0n) is 9.91. The van der Waals surface area contributed by atoms with Crippen molar-refractivity contribution >= 4 is 44.8 Å². The molecule has 0 amide bonds. The second kappa shape index (κ2) is 6.62. The van der Waals surface area contributed by atoms with Crippen molar-refractivity contribution in [1.29, 1.82) is 0 Å². The molecule has 0 aliphatic rings. The van der Waals surface area contributed by atoms with E-state index >= 15 is 0 Å². The fourth-order valence-corrected chi connectivity index (χ4v) is 2.53. The summed E-state index contributed by atoms with van der Waals surface area (Å²) in [6.07, 6.45) is 0. The van der Waals surface area contributed by atoms with E-state index in [9.17, 15) is 5.11 Å². The Labute approximate surface area is 130 Å². The lowest BCUT2D eigenvalue weighted by atomic mass is 10.1. The molecule has 0 fully saturated rings. The molecule has 0 saturated heterocycles. The monoisotopic (exact) mass is 359 g/mol. The molecule has 2 aromatic rings. The van der Waals surface area contributed by atoms with Crippen LogP contribution < -0.4 is 5.32 Å². The highest BCUT2D eigenvalue weighted by atomic mass is 79.9. The molecule has 0 saturated carbocycles. The molecule has 2 rings (SSSR count). The maximum absolute atomic E-state index is 9.53. The maximum atomic E-state index is 9.53. The molecule has 0 spiro atoms. The summed E-state index contributed by atoms with van der Waals surface area (Å²) in [6.45, 7) is -0.0516. The molecule has 5 heteroatoms. The minimum atomic E-state index is -0.262. The fraction of sp³-hybridized carbons (Fsp3) is 0.143. The molecule has 0 heterocycles. The Bertz CT molecular complexity index is 577. The Hall–Kier alpha value is -0.740. The van der Waals surface area contributed by atoms with Crippen LogP contribution in [0.5, 0.6) is 0 Å². The zero-order valence-corrected chi connectivity index (χ0v) is 13.0. The minimum Gasteiger partial charge on any atom is -0.394 e. The Kier molecular flexibility index (Phi) is 5.11. The predicted octanol–water partition coefficient (Wildman–Crippen LogP) is 4.90. The van der Waals surface area contributed by atoms with Gasteiger partial charge >= 0.3 is 0 Å². The molecule has 2 aromatic carbocycles. The summed E-state index contributed by atoms with van der Waals surface area (Å²) in [5.41, 5.74) is 1.72. The quantitative estimate of drug-likeness (QED) is 0.812. The fourth-order valence-electron chi connectivity index (χ4n) is 1.77. The number of halogens is 3. The van der Waals surface area contributed by atoms with Crippen molar-refractivity contribution < 1.29 is 5.11 Å². The molecule has 0 aliphatic heterocycles. The molecule has 100 valence electrons. The van der Waals surface area contributed by atoms with Crippen LogP contribution in [0.15, 0.2) is 46.9 Å².